The van der Waals surface area contributed by atoms with E-state index in [1.807, 2.05) is 36.6 Å². The molecule has 40 heavy (non-hydrogen) atoms. The third-order valence-corrected chi connectivity index (χ3v) is 8.04. The van der Waals surface area contributed by atoms with Crippen LogP contribution < -0.4 is 10.2 Å². The topological polar surface area (TPSA) is 49.7 Å². The molecule has 214 valence electrons. The average molecular weight is 555 g/mol. The second kappa shape index (κ2) is 12.1. The van der Waals surface area contributed by atoms with Crippen LogP contribution in [0, 0.1) is 13.8 Å². The molecule has 0 radical (unpaired) electrons. The van der Waals surface area contributed by atoms with E-state index in [9.17, 15) is 18.0 Å². The number of piperidine rings is 1. The van der Waals surface area contributed by atoms with E-state index in [1.165, 1.54) is 17.7 Å². The molecule has 6 nitrogen and oxygen atoms in total. The molecule has 0 bridgehead atoms. The first-order valence-electron chi connectivity index (χ1n) is 14.0. The zero-order chi connectivity index (χ0) is 28.3. The van der Waals surface area contributed by atoms with Crippen molar-refractivity contribution in [3.8, 4) is 0 Å². The minimum absolute atomic E-state index is 0.0444. The number of hydrogen-bond donors (Lipinski definition) is 1. The molecular weight excluding hydrogens is 517 g/mol. The van der Waals surface area contributed by atoms with Crippen LogP contribution in [0.2, 0.25) is 0 Å². The summed E-state index contributed by atoms with van der Waals surface area (Å²) in [7, 11) is 0. The lowest BCUT2D eigenvalue weighted by atomic mass is 10.0. The zero-order valence-electron chi connectivity index (χ0n) is 23.1. The number of hydrogen-bond acceptors (Lipinski definition) is 4. The summed E-state index contributed by atoms with van der Waals surface area (Å²) in [5.74, 6) is -0.173. The van der Waals surface area contributed by atoms with E-state index in [-0.39, 0.29) is 18.5 Å². The summed E-state index contributed by atoms with van der Waals surface area (Å²) >= 11 is 0. The van der Waals surface area contributed by atoms with Crippen LogP contribution in [-0.2, 0) is 24.0 Å². The number of rotatable bonds is 7. The number of likely N-dealkylation sites (tertiary alicyclic amines) is 1. The van der Waals surface area contributed by atoms with Crippen LogP contribution >= 0.6 is 0 Å². The number of carbonyl (C=O) groups excluding carboxylic acids is 1. The lowest BCUT2D eigenvalue weighted by Gasteiger charge is -2.32. The molecule has 2 fully saturated rings. The number of nitrogens with one attached hydrogen (secondary N) is 1. The molecule has 2 aliphatic heterocycles. The van der Waals surface area contributed by atoms with Crippen LogP contribution in [0.3, 0.4) is 0 Å². The van der Waals surface area contributed by atoms with Crippen molar-refractivity contribution in [1.82, 2.24) is 14.8 Å². The number of aromatic nitrogens is 1. The highest BCUT2D eigenvalue weighted by molar-refractivity contribution is 5.97. The number of anilines is 1. The standard InChI is InChI=1S/C31H37F3N4O2/c1-22-28(37-15-17-40-18-16-37)23(2)38(21-25-9-6-10-26(19-25)31(32,33)34)29(22)30(39)35-27-11-13-36(14-12-27)20-24-7-4-3-5-8-24/h3-10,19,27H,11-18,20-21H2,1-2H3,(H,35,39). The van der Waals surface area contributed by atoms with Gasteiger partial charge in [0.1, 0.15) is 5.69 Å². The quantitative estimate of drug-likeness (QED) is 0.425. The summed E-state index contributed by atoms with van der Waals surface area (Å²) in [5, 5.41) is 3.26. The number of morpholine rings is 1. The van der Waals surface area contributed by atoms with Crippen LogP contribution in [0.15, 0.2) is 54.6 Å². The second-order valence-corrected chi connectivity index (χ2v) is 10.8. The van der Waals surface area contributed by atoms with Crippen molar-refractivity contribution in [2.45, 2.75) is 52.0 Å². The van der Waals surface area contributed by atoms with E-state index in [4.69, 9.17) is 4.74 Å². The predicted octanol–water partition coefficient (Wildman–Crippen LogP) is 5.40. The summed E-state index contributed by atoms with van der Waals surface area (Å²) in [5.41, 5.74) is 4.31. The van der Waals surface area contributed by atoms with Gasteiger partial charge in [0.05, 0.1) is 24.5 Å². The van der Waals surface area contributed by atoms with E-state index < -0.39 is 11.7 Å². The van der Waals surface area contributed by atoms with Gasteiger partial charge in [-0.3, -0.25) is 9.69 Å². The summed E-state index contributed by atoms with van der Waals surface area (Å²) < 4.78 is 47.7. The van der Waals surface area contributed by atoms with Gasteiger partial charge < -0.3 is 19.5 Å². The van der Waals surface area contributed by atoms with Crippen LogP contribution in [0.4, 0.5) is 18.9 Å². The molecule has 3 aromatic rings. The third kappa shape index (κ3) is 6.36. The molecule has 9 heteroatoms. The fourth-order valence-electron chi connectivity index (χ4n) is 5.98. The highest BCUT2D eigenvalue weighted by atomic mass is 19.4. The maximum Gasteiger partial charge on any atom is 0.416 e. The van der Waals surface area contributed by atoms with Crippen LogP contribution in [0.1, 0.15) is 51.3 Å². The number of halogens is 3. The number of carbonyl (C=O) groups is 1. The molecule has 0 atom stereocenters. The lowest BCUT2D eigenvalue weighted by Crippen LogP contribution is -2.45. The van der Waals surface area contributed by atoms with Crippen LogP contribution in [0.5, 0.6) is 0 Å². The number of ether oxygens (including phenoxy) is 1. The molecule has 1 aromatic heterocycles. The minimum Gasteiger partial charge on any atom is -0.378 e. The van der Waals surface area contributed by atoms with Crippen molar-refractivity contribution in [3.05, 3.63) is 88.2 Å². The van der Waals surface area contributed by atoms with Gasteiger partial charge >= 0.3 is 6.18 Å². The summed E-state index contributed by atoms with van der Waals surface area (Å²) in [6, 6.07) is 15.8. The number of alkyl halides is 3. The Balaban J connectivity index is 1.36. The van der Waals surface area contributed by atoms with Crippen molar-refractivity contribution >= 4 is 11.6 Å². The van der Waals surface area contributed by atoms with Crippen LogP contribution in [0.25, 0.3) is 0 Å². The van der Waals surface area contributed by atoms with Gasteiger partial charge in [-0.05, 0) is 49.9 Å². The Morgan fingerprint density at radius 2 is 1.60 bits per heavy atom. The fraction of sp³-hybridized carbons (Fsp3) is 0.452. The SMILES string of the molecule is Cc1c(N2CCOCC2)c(C)n(Cc2cccc(C(F)(F)F)c2)c1C(=O)NC1CCN(Cc2ccccc2)CC1. The van der Waals surface area contributed by atoms with E-state index in [0.29, 0.717) is 37.6 Å². The Morgan fingerprint density at radius 3 is 2.27 bits per heavy atom. The molecule has 0 saturated carbocycles. The van der Waals surface area contributed by atoms with Crippen molar-refractivity contribution in [1.29, 1.82) is 0 Å². The van der Waals surface area contributed by atoms with Crippen molar-refractivity contribution in [3.63, 3.8) is 0 Å². The average Bonchev–Trinajstić information content (AvgIpc) is 3.19. The molecule has 2 saturated heterocycles. The van der Waals surface area contributed by atoms with E-state index in [0.717, 1.165) is 55.5 Å². The van der Waals surface area contributed by atoms with Crippen molar-refractivity contribution < 1.29 is 22.7 Å². The van der Waals surface area contributed by atoms with E-state index >= 15 is 0 Å². The Hall–Kier alpha value is -3.30. The summed E-state index contributed by atoms with van der Waals surface area (Å²) in [6.07, 6.45) is -2.73. The Morgan fingerprint density at radius 1 is 0.925 bits per heavy atom. The molecular formula is C31H37F3N4O2. The summed E-state index contributed by atoms with van der Waals surface area (Å²) in [4.78, 5) is 18.4. The van der Waals surface area contributed by atoms with Crippen molar-refractivity contribution in [2.75, 3.05) is 44.3 Å². The maximum atomic E-state index is 13.8. The van der Waals surface area contributed by atoms with E-state index in [2.05, 4.69) is 27.2 Å². The molecule has 1 amide bonds. The largest absolute Gasteiger partial charge is 0.416 e. The summed E-state index contributed by atoms with van der Waals surface area (Å²) in [6.45, 7) is 9.35. The van der Waals surface area contributed by atoms with Gasteiger partial charge in [-0.2, -0.15) is 13.2 Å². The van der Waals surface area contributed by atoms with Gasteiger partial charge in [-0.1, -0.05) is 42.5 Å². The maximum absolute atomic E-state index is 13.8. The zero-order valence-corrected chi connectivity index (χ0v) is 23.1. The molecule has 0 aliphatic carbocycles. The monoisotopic (exact) mass is 554 g/mol. The van der Waals surface area contributed by atoms with Gasteiger partial charge in [0.2, 0.25) is 0 Å². The van der Waals surface area contributed by atoms with Gasteiger partial charge in [0.25, 0.3) is 5.91 Å². The Bertz CT molecular complexity index is 1310. The van der Waals surface area contributed by atoms with Gasteiger partial charge in [-0.15, -0.1) is 0 Å². The molecule has 1 N–H and O–H groups in total. The highest BCUT2D eigenvalue weighted by Gasteiger charge is 2.32. The van der Waals surface area contributed by atoms with Gasteiger partial charge in [0, 0.05) is 56.6 Å². The smallest absolute Gasteiger partial charge is 0.378 e. The highest BCUT2D eigenvalue weighted by Crippen LogP contribution is 2.34. The first kappa shape index (κ1) is 28.2. The van der Waals surface area contributed by atoms with E-state index in [1.54, 1.807) is 6.07 Å². The first-order chi connectivity index (χ1) is 19.2. The lowest BCUT2D eigenvalue weighted by molar-refractivity contribution is -0.137. The van der Waals surface area contributed by atoms with Gasteiger partial charge in [-0.25, -0.2) is 0 Å². The van der Waals surface area contributed by atoms with Crippen molar-refractivity contribution in [2.24, 2.45) is 0 Å². The predicted molar refractivity (Wildman–Crippen MR) is 150 cm³/mol. The fourth-order valence-corrected chi connectivity index (χ4v) is 5.98. The normalized spacial score (nSPS) is 17.3. The number of nitrogens with zero attached hydrogens (tertiary/aromatic N) is 3. The Labute approximate surface area is 233 Å². The molecule has 0 unspecified atom stereocenters. The molecule has 2 aromatic carbocycles. The molecule has 5 rings (SSSR count). The number of benzene rings is 2. The molecule has 3 heterocycles. The molecule has 2 aliphatic rings. The third-order valence-electron chi connectivity index (χ3n) is 8.04. The number of amides is 1. The minimum atomic E-state index is -4.42. The first-order valence-corrected chi connectivity index (χ1v) is 14.0. The van der Waals surface area contributed by atoms with Crippen LogP contribution in [-0.4, -0.2) is 60.8 Å². The second-order valence-electron chi connectivity index (χ2n) is 10.8. The molecule has 0 spiro atoms. The Kier molecular flexibility index (Phi) is 8.51. The van der Waals surface area contributed by atoms with Gasteiger partial charge in [0.15, 0.2) is 0 Å².